The number of nitrogens with zero attached hydrogens (tertiary/aromatic N) is 5. The lowest BCUT2D eigenvalue weighted by Gasteiger charge is -2.06. The summed E-state index contributed by atoms with van der Waals surface area (Å²) in [4.78, 5) is 20.9. The van der Waals surface area contributed by atoms with E-state index in [2.05, 4.69) is 32.5 Å². The average molecular weight is 425 g/mol. The maximum Gasteiger partial charge on any atom is 0.234 e. The van der Waals surface area contributed by atoms with Crippen LogP contribution in [0.25, 0.3) is 16.9 Å². The number of nitrogens with one attached hydrogen (secondary N) is 1. The molecular weight excluding hydrogens is 408 g/mol. The molecule has 9 heteroatoms. The van der Waals surface area contributed by atoms with E-state index < -0.39 is 0 Å². The molecule has 0 radical (unpaired) electrons. The largest absolute Gasteiger partial charge is 0.325 e. The highest BCUT2D eigenvalue weighted by Gasteiger charge is 2.15. The number of rotatable bonds is 6. The minimum Gasteiger partial charge on any atom is -0.325 e. The van der Waals surface area contributed by atoms with Gasteiger partial charge < -0.3 is 5.32 Å². The predicted molar refractivity (Wildman–Crippen MR) is 115 cm³/mol. The number of halogens is 1. The number of carbonyl (C=O) groups is 1. The monoisotopic (exact) mass is 424 g/mol. The van der Waals surface area contributed by atoms with Gasteiger partial charge in [-0.3, -0.25) is 4.79 Å². The Kier molecular flexibility index (Phi) is 5.73. The lowest BCUT2D eigenvalue weighted by atomic mass is 10.1. The molecule has 0 spiro atoms. The number of benzene rings is 2. The van der Waals surface area contributed by atoms with Crippen LogP contribution in [-0.2, 0) is 11.2 Å². The molecule has 0 aliphatic heterocycles. The summed E-state index contributed by atoms with van der Waals surface area (Å²) in [6.07, 6.45) is 2.40. The first kappa shape index (κ1) is 19.4. The normalized spacial score (nSPS) is 11.0. The van der Waals surface area contributed by atoms with Gasteiger partial charge in [0.15, 0.2) is 11.2 Å². The zero-order valence-electron chi connectivity index (χ0n) is 15.5. The van der Waals surface area contributed by atoms with Gasteiger partial charge in [-0.1, -0.05) is 53.7 Å². The summed E-state index contributed by atoms with van der Waals surface area (Å²) in [5.74, 6) is 0.0827. The molecule has 2 aromatic carbocycles. The van der Waals surface area contributed by atoms with Crippen LogP contribution >= 0.6 is 23.4 Å². The van der Waals surface area contributed by atoms with Gasteiger partial charge in [0.1, 0.15) is 11.4 Å². The predicted octanol–water partition coefficient (Wildman–Crippen LogP) is 4.16. The Balaban J connectivity index is 1.49. The van der Waals surface area contributed by atoms with Crippen LogP contribution in [0.5, 0.6) is 0 Å². The number of hydrogen-bond acceptors (Lipinski definition) is 6. The first-order valence-electron chi connectivity index (χ1n) is 8.98. The van der Waals surface area contributed by atoms with Gasteiger partial charge in [0, 0.05) is 10.7 Å². The number of amides is 1. The highest BCUT2D eigenvalue weighted by Crippen LogP contribution is 2.25. The SMILES string of the molecule is CCc1ccc(NC(=O)CSc2ncnc3c2nnn3-c2cccc(Cl)c2)cc1. The molecule has 0 atom stereocenters. The second-order valence-electron chi connectivity index (χ2n) is 6.22. The molecule has 0 fully saturated rings. The second-order valence-corrected chi connectivity index (χ2v) is 7.62. The smallest absolute Gasteiger partial charge is 0.234 e. The Morgan fingerprint density at radius 2 is 2.00 bits per heavy atom. The van der Waals surface area contributed by atoms with Crippen molar-refractivity contribution < 1.29 is 4.79 Å². The topological polar surface area (TPSA) is 85.6 Å². The summed E-state index contributed by atoms with van der Waals surface area (Å²) < 4.78 is 1.60. The standard InChI is InChI=1S/C20H17ClN6OS/c1-2-13-6-8-15(9-7-13)24-17(28)11-29-20-18-19(22-12-23-20)27(26-25-18)16-5-3-4-14(21)10-16/h3-10,12H,2,11H2,1H3,(H,24,28). The van der Waals surface area contributed by atoms with Crippen molar-refractivity contribution in [2.75, 3.05) is 11.1 Å². The van der Waals surface area contributed by atoms with Crippen molar-refractivity contribution in [3.05, 3.63) is 65.4 Å². The Morgan fingerprint density at radius 1 is 1.17 bits per heavy atom. The van der Waals surface area contributed by atoms with Gasteiger partial charge in [-0.15, -0.1) is 5.10 Å². The van der Waals surface area contributed by atoms with Gasteiger partial charge in [-0.2, -0.15) is 4.68 Å². The molecule has 7 nitrogen and oxygen atoms in total. The van der Waals surface area contributed by atoms with E-state index in [-0.39, 0.29) is 11.7 Å². The van der Waals surface area contributed by atoms with Gasteiger partial charge in [-0.25, -0.2) is 9.97 Å². The van der Waals surface area contributed by atoms with Gasteiger partial charge in [-0.05, 0) is 42.3 Å². The van der Waals surface area contributed by atoms with Crippen LogP contribution in [0.15, 0.2) is 59.9 Å². The quantitative estimate of drug-likeness (QED) is 0.369. The van der Waals surface area contributed by atoms with Crippen molar-refractivity contribution in [3.8, 4) is 5.69 Å². The maximum absolute atomic E-state index is 12.3. The fraction of sp³-hybridized carbons (Fsp3) is 0.150. The zero-order valence-corrected chi connectivity index (χ0v) is 17.1. The summed E-state index contributed by atoms with van der Waals surface area (Å²) in [6, 6.07) is 15.1. The van der Waals surface area contributed by atoms with Crippen molar-refractivity contribution in [2.45, 2.75) is 18.4 Å². The number of hydrogen-bond donors (Lipinski definition) is 1. The first-order chi connectivity index (χ1) is 14.1. The number of carbonyl (C=O) groups excluding carboxylic acids is 1. The Labute approximate surface area is 176 Å². The maximum atomic E-state index is 12.3. The van der Waals surface area contributed by atoms with E-state index in [1.54, 1.807) is 16.8 Å². The summed E-state index contributed by atoms with van der Waals surface area (Å²) in [6.45, 7) is 2.09. The lowest BCUT2D eigenvalue weighted by Crippen LogP contribution is -2.14. The second kappa shape index (κ2) is 8.59. The summed E-state index contributed by atoms with van der Waals surface area (Å²) in [5, 5.41) is 12.5. The molecule has 0 saturated heterocycles. The van der Waals surface area contributed by atoms with Crippen molar-refractivity contribution >= 4 is 46.1 Å². The van der Waals surface area contributed by atoms with Crippen LogP contribution in [-0.4, -0.2) is 36.6 Å². The summed E-state index contributed by atoms with van der Waals surface area (Å²) in [7, 11) is 0. The molecule has 0 aliphatic rings. The highest BCUT2D eigenvalue weighted by molar-refractivity contribution is 8.00. The van der Waals surface area contributed by atoms with E-state index in [0.717, 1.165) is 17.8 Å². The summed E-state index contributed by atoms with van der Waals surface area (Å²) in [5.41, 5.74) is 3.84. The van der Waals surface area contributed by atoms with Gasteiger partial charge in [0.2, 0.25) is 5.91 Å². The fourth-order valence-corrected chi connectivity index (χ4v) is 3.69. The van der Waals surface area contributed by atoms with Crippen LogP contribution in [0.2, 0.25) is 5.02 Å². The number of fused-ring (bicyclic) bond motifs is 1. The minimum absolute atomic E-state index is 0.117. The number of anilines is 1. The molecule has 29 heavy (non-hydrogen) atoms. The van der Waals surface area contributed by atoms with Crippen LogP contribution in [0.4, 0.5) is 5.69 Å². The average Bonchev–Trinajstić information content (AvgIpc) is 3.17. The van der Waals surface area contributed by atoms with E-state index in [9.17, 15) is 4.79 Å². The van der Waals surface area contributed by atoms with Crippen LogP contribution < -0.4 is 5.32 Å². The molecule has 1 amide bonds. The molecule has 4 aromatic rings. The molecule has 1 N–H and O–H groups in total. The van der Waals surface area contributed by atoms with Gasteiger partial charge >= 0.3 is 0 Å². The van der Waals surface area contributed by atoms with Crippen molar-refractivity contribution in [1.82, 2.24) is 25.0 Å². The molecule has 0 saturated carbocycles. The minimum atomic E-state index is -0.117. The Hall–Kier alpha value is -2.97. The third kappa shape index (κ3) is 4.38. The third-order valence-corrected chi connectivity index (χ3v) is 5.46. The van der Waals surface area contributed by atoms with E-state index >= 15 is 0 Å². The summed E-state index contributed by atoms with van der Waals surface area (Å²) >= 11 is 7.36. The van der Waals surface area contributed by atoms with E-state index in [1.807, 2.05) is 36.4 Å². The molecule has 0 aliphatic carbocycles. The van der Waals surface area contributed by atoms with Crippen molar-refractivity contribution in [3.63, 3.8) is 0 Å². The highest BCUT2D eigenvalue weighted by atomic mass is 35.5. The Morgan fingerprint density at radius 3 is 2.76 bits per heavy atom. The lowest BCUT2D eigenvalue weighted by molar-refractivity contribution is -0.113. The molecule has 0 unspecified atom stereocenters. The van der Waals surface area contributed by atoms with Crippen molar-refractivity contribution in [1.29, 1.82) is 0 Å². The Bertz CT molecular complexity index is 1160. The molecule has 4 rings (SSSR count). The number of thioether (sulfide) groups is 1. The van der Waals surface area contributed by atoms with E-state index in [0.29, 0.717) is 21.2 Å². The number of aryl methyl sites for hydroxylation is 1. The fourth-order valence-electron chi connectivity index (χ4n) is 2.77. The molecule has 0 bridgehead atoms. The zero-order chi connectivity index (χ0) is 20.2. The van der Waals surface area contributed by atoms with Gasteiger partial charge in [0.25, 0.3) is 0 Å². The molecule has 2 heterocycles. The first-order valence-corrected chi connectivity index (χ1v) is 10.3. The van der Waals surface area contributed by atoms with E-state index in [4.69, 9.17) is 11.6 Å². The molecule has 146 valence electrons. The van der Waals surface area contributed by atoms with Crippen molar-refractivity contribution in [2.24, 2.45) is 0 Å². The molecular formula is C20H17ClN6OS. The molecule has 2 aromatic heterocycles. The van der Waals surface area contributed by atoms with Gasteiger partial charge in [0.05, 0.1) is 11.4 Å². The van der Waals surface area contributed by atoms with Crippen LogP contribution in [0.3, 0.4) is 0 Å². The number of aromatic nitrogens is 5. The van der Waals surface area contributed by atoms with Crippen LogP contribution in [0.1, 0.15) is 12.5 Å². The van der Waals surface area contributed by atoms with E-state index in [1.165, 1.54) is 23.7 Å². The van der Waals surface area contributed by atoms with Crippen LogP contribution in [0, 0.1) is 0 Å². The third-order valence-electron chi connectivity index (χ3n) is 4.24.